The average Bonchev–Trinajstić information content (AvgIpc) is 3.50. The Hall–Kier alpha value is -4.19. The van der Waals surface area contributed by atoms with E-state index < -0.39 is 41.8 Å². The second-order valence-corrected chi connectivity index (χ2v) is 14.4. The maximum absolute atomic E-state index is 11.4. The topological polar surface area (TPSA) is 180 Å². The molecule has 0 atom stereocenters. The van der Waals surface area contributed by atoms with E-state index in [0.717, 1.165) is 28.8 Å². The number of sulfonamides is 2. The minimum atomic E-state index is -3.63. The van der Waals surface area contributed by atoms with E-state index in [0.29, 0.717) is 32.0 Å². The molecule has 0 radical (unpaired) electrons. The van der Waals surface area contributed by atoms with Crippen LogP contribution in [0, 0.1) is 0 Å². The SMILES string of the molecule is CS(=O)(=O)N1C(=O)OCc2ccccc21.CS(=O)(=O)N1OCc2ccccc21.CS(=O)(=O)n1oc(=O)c2ccccc21. The van der Waals surface area contributed by atoms with Crippen LogP contribution in [0.5, 0.6) is 0 Å². The second kappa shape index (κ2) is 11.6. The van der Waals surface area contributed by atoms with Crippen LogP contribution in [0.2, 0.25) is 0 Å². The third-order valence-electron chi connectivity index (χ3n) is 5.67. The number of fused-ring (bicyclic) bond motifs is 3. The zero-order valence-electron chi connectivity index (χ0n) is 22.4. The van der Waals surface area contributed by atoms with Gasteiger partial charge >= 0.3 is 11.7 Å². The Morgan fingerprint density at radius 1 is 0.643 bits per heavy atom. The van der Waals surface area contributed by atoms with Crippen molar-refractivity contribution in [3.63, 3.8) is 0 Å². The van der Waals surface area contributed by atoms with E-state index in [9.17, 15) is 34.8 Å². The maximum Gasteiger partial charge on any atom is 0.428 e. The highest BCUT2D eigenvalue weighted by Gasteiger charge is 2.32. The molecular weight excluding hydrogens is 614 g/mol. The fourth-order valence-corrected chi connectivity index (χ4v) is 6.31. The van der Waals surface area contributed by atoms with Crippen LogP contribution >= 0.6 is 0 Å². The van der Waals surface area contributed by atoms with Gasteiger partial charge in [0.1, 0.15) is 18.7 Å². The molecule has 0 unspecified atom stereocenters. The molecule has 17 heteroatoms. The standard InChI is InChI=1S/C9H9NO4S.C8H7NO4S.C8H9NO3S/c1-15(12,13)10-8-5-3-2-4-7(8)6-14-9(10)11;1-14(11,12)9-7-5-3-2-4-6(7)8(10)13-9;1-13(10,11)9-8-5-3-2-4-7(8)6-12-9/h2-5H,6H2,1H3;2-5H,1H3;2-5H,6H2,1H3. The van der Waals surface area contributed by atoms with Gasteiger partial charge in [-0.15, -0.1) is 4.47 Å². The number of cyclic esters (lactones) is 1. The van der Waals surface area contributed by atoms with Crippen molar-refractivity contribution < 1.29 is 44.1 Å². The maximum atomic E-state index is 11.4. The van der Waals surface area contributed by atoms with E-state index in [1.807, 2.05) is 12.1 Å². The van der Waals surface area contributed by atoms with Crippen molar-refractivity contribution >= 4 is 58.4 Å². The summed E-state index contributed by atoms with van der Waals surface area (Å²) in [6, 6.07) is 20.3. The van der Waals surface area contributed by atoms with Gasteiger partial charge in [0.25, 0.3) is 20.0 Å². The zero-order valence-corrected chi connectivity index (χ0v) is 24.8. The molecule has 0 bridgehead atoms. The number of hydrogen-bond acceptors (Lipinski definition) is 11. The number of hydrogen-bond donors (Lipinski definition) is 0. The molecule has 0 spiro atoms. The number of amides is 1. The summed E-state index contributed by atoms with van der Waals surface area (Å²) in [6.07, 6.45) is 2.21. The number of nitrogens with zero attached hydrogens (tertiary/aromatic N) is 3. The van der Waals surface area contributed by atoms with Gasteiger partial charge in [-0.3, -0.25) is 4.84 Å². The quantitative estimate of drug-likeness (QED) is 0.321. The number of benzene rings is 3. The van der Waals surface area contributed by atoms with Crippen molar-refractivity contribution in [3.8, 4) is 0 Å². The predicted octanol–water partition coefficient (Wildman–Crippen LogP) is 2.40. The van der Waals surface area contributed by atoms with Gasteiger partial charge in [0.05, 0.1) is 35.5 Å². The summed E-state index contributed by atoms with van der Waals surface area (Å²) in [5.41, 5.74) is 2.18. The Kier molecular flexibility index (Phi) is 8.49. The predicted molar refractivity (Wildman–Crippen MR) is 153 cm³/mol. The molecule has 0 saturated carbocycles. The van der Waals surface area contributed by atoms with E-state index >= 15 is 0 Å². The van der Waals surface area contributed by atoms with Crippen molar-refractivity contribution in [1.82, 2.24) is 4.15 Å². The monoisotopic (exact) mass is 639 g/mol. The van der Waals surface area contributed by atoms with E-state index in [1.165, 1.54) is 12.1 Å². The summed E-state index contributed by atoms with van der Waals surface area (Å²) in [6.45, 7) is 0.435. The number of aromatic nitrogens is 1. The Labute approximate surface area is 241 Å². The van der Waals surface area contributed by atoms with Crippen LogP contribution in [-0.2, 0) is 52.9 Å². The normalized spacial score (nSPS) is 14.6. The number of carbonyl (C=O) groups excluding carboxylic acids is 1. The Balaban J connectivity index is 0.000000145. The van der Waals surface area contributed by atoms with Crippen LogP contribution in [0.4, 0.5) is 16.2 Å². The lowest BCUT2D eigenvalue weighted by atomic mass is 10.2. The first-order valence-electron chi connectivity index (χ1n) is 11.9. The number of ether oxygens (including phenoxy) is 1. The molecule has 3 aromatic carbocycles. The fraction of sp³-hybridized carbons (Fsp3) is 0.200. The molecule has 4 aromatic rings. The summed E-state index contributed by atoms with van der Waals surface area (Å²) in [4.78, 5) is 27.6. The van der Waals surface area contributed by atoms with Crippen molar-refractivity contribution in [1.29, 1.82) is 0 Å². The fourth-order valence-electron chi connectivity index (χ4n) is 3.95. The molecule has 1 amide bonds. The summed E-state index contributed by atoms with van der Waals surface area (Å²) < 4.78 is 79.2. The molecule has 0 N–H and O–H groups in total. The molecular formula is C25H25N3O11S3. The van der Waals surface area contributed by atoms with Gasteiger partial charge in [0, 0.05) is 11.1 Å². The van der Waals surface area contributed by atoms with Crippen LogP contribution in [-0.4, -0.2) is 54.3 Å². The smallest absolute Gasteiger partial charge is 0.428 e. The summed E-state index contributed by atoms with van der Waals surface area (Å²) >= 11 is 0. The van der Waals surface area contributed by atoms with Crippen LogP contribution in [0.1, 0.15) is 11.1 Å². The number of rotatable bonds is 3. The molecule has 14 nitrogen and oxygen atoms in total. The van der Waals surface area contributed by atoms with Crippen LogP contribution in [0.15, 0.2) is 82.1 Å². The summed E-state index contributed by atoms with van der Waals surface area (Å²) in [5.74, 6) is 0. The first-order valence-corrected chi connectivity index (χ1v) is 17.4. The molecule has 0 fully saturated rings. The molecule has 0 saturated heterocycles. The van der Waals surface area contributed by atoms with Crippen molar-refractivity contribution in [2.45, 2.75) is 13.2 Å². The van der Waals surface area contributed by atoms with Gasteiger partial charge in [-0.1, -0.05) is 52.7 Å². The number of carbonyl (C=O) groups is 1. The van der Waals surface area contributed by atoms with Gasteiger partial charge < -0.3 is 9.26 Å². The molecule has 2 aliphatic rings. The highest BCUT2D eigenvalue weighted by Crippen LogP contribution is 2.30. The lowest BCUT2D eigenvalue weighted by molar-refractivity contribution is 0.147. The minimum Gasteiger partial charge on any atom is -0.443 e. The Morgan fingerprint density at radius 3 is 1.79 bits per heavy atom. The van der Waals surface area contributed by atoms with Gasteiger partial charge in [-0.25, -0.2) is 34.8 Å². The van der Waals surface area contributed by atoms with Gasteiger partial charge in [-0.05, 0) is 24.3 Å². The van der Waals surface area contributed by atoms with Crippen molar-refractivity contribution in [2.24, 2.45) is 0 Å². The lowest BCUT2D eigenvalue weighted by Gasteiger charge is -2.26. The average molecular weight is 640 g/mol. The van der Waals surface area contributed by atoms with E-state index in [1.54, 1.807) is 48.5 Å². The first kappa shape index (κ1) is 30.8. The highest BCUT2D eigenvalue weighted by molar-refractivity contribution is 7.93. The van der Waals surface area contributed by atoms with Gasteiger partial charge in [-0.2, -0.15) is 4.31 Å². The third-order valence-corrected chi connectivity index (χ3v) is 8.46. The molecule has 224 valence electrons. The molecule has 3 heterocycles. The van der Waals surface area contributed by atoms with Gasteiger partial charge in [0.2, 0.25) is 10.0 Å². The van der Waals surface area contributed by atoms with Crippen molar-refractivity contribution in [2.75, 3.05) is 27.5 Å². The summed E-state index contributed by atoms with van der Waals surface area (Å²) in [7, 11) is -10.5. The van der Waals surface area contributed by atoms with E-state index in [4.69, 9.17) is 9.57 Å². The third kappa shape index (κ3) is 6.64. The van der Waals surface area contributed by atoms with Crippen LogP contribution in [0.25, 0.3) is 10.9 Å². The largest absolute Gasteiger partial charge is 0.443 e. The molecule has 1 aromatic heterocycles. The van der Waals surface area contributed by atoms with Crippen LogP contribution < -0.4 is 14.4 Å². The molecule has 6 rings (SSSR count). The van der Waals surface area contributed by atoms with Gasteiger partial charge in [0.15, 0.2) is 0 Å². The first-order chi connectivity index (χ1) is 19.6. The highest BCUT2D eigenvalue weighted by atomic mass is 32.2. The minimum absolute atomic E-state index is 0.112. The van der Waals surface area contributed by atoms with E-state index in [2.05, 4.69) is 4.52 Å². The molecule has 42 heavy (non-hydrogen) atoms. The second-order valence-electron chi connectivity index (χ2n) is 8.99. The molecule has 2 aliphatic heterocycles. The Morgan fingerprint density at radius 2 is 1.19 bits per heavy atom. The van der Waals surface area contributed by atoms with Crippen LogP contribution in [0.3, 0.4) is 0 Å². The van der Waals surface area contributed by atoms with Crippen molar-refractivity contribution in [3.05, 3.63) is 94.3 Å². The zero-order chi connectivity index (χ0) is 30.9. The lowest BCUT2D eigenvalue weighted by Crippen LogP contribution is -2.39. The number of para-hydroxylation sites is 3. The molecule has 0 aliphatic carbocycles. The summed E-state index contributed by atoms with van der Waals surface area (Å²) in [5, 5.41) is 0.262. The van der Waals surface area contributed by atoms with E-state index in [-0.39, 0.29) is 17.5 Å². The number of anilines is 2. The Bertz CT molecular complexity index is 2030.